The van der Waals surface area contributed by atoms with Crippen LogP contribution >= 0.6 is 11.3 Å². The predicted octanol–water partition coefficient (Wildman–Crippen LogP) is 4.40. The van der Waals surface area contributed by atoms with Crippen LogP contribution in [0.5, 0.6) is 5.75 Å². The number of aryl methyl sites for hydroxylation is 1. The Balaban J connectivity index is 1.69. The number of likely N-dealkylation sites (tertiary alicyclic amines) is 1. The van der Waals surface area contributed by atoms with Gasteiger partial charge in [0.05, 0.1) is 30.7 Å². The zero-order valence-corrected chi connectivity index (χ0v) is 20.7. The summed E-state index contributed by atoms with van der Waals surface area (Å²) in [5.74, 6) is 1.09. The van der Waals surface area contributed by atoms with Gasteiger partial charge in [0.1, 0.15) is 27.1 Å². The SMILES string of the molecule is CCOC(=O)c1sc2nc(CN3CCCCC3)nc(N[C@H](C)[C@H](O)c3ccc(O)cc3)c2c1C. The molecular weight excluding hydrogens is 452 g/mol. The minimum atomic E-state index is -0.820. The standard InChI is InChI=1S/C25H32N4O4S/c1-4-33-25(32)22-15(2)20-23(26-16(3)21(31)17-8-10-18(30)11-9-17)27-19(28-24(20)34-22)14-29-12-6-5-7-13-29/h8-11,16,21,30-31H,4-7,12-14H2,1-3H3,(H,26,27,28)/t16-,21+/m1/s1. The molecule has 0 bridgehead atoms. The molecule has 0 radical (unpaired) electrons. The maximum absolute atomic E-state index is 12.5. The van der Waals surface area contributed by atoms with E-state index in [0.29, 0.717) is 35.2 Å². The molecule has 0 unspecified atom stereocenters. The summed E-state index contributed by atoms with van der Waals surface area (Å²) in [6.07, 6.45) is 2.78. The summed E-state index contributed by atoms with van der Waals surface area (Å²) >= 11 is 1.32. The van der Waals surface area contributed by atoms with Crippen molar-refractivity contribution in [1.82, 2.24) is 14.9 Å². The van der Waals surface area contributed by atoms with Crippen LogP contribution in [0.2, 0.25) is 0 Å². The van der Waals surface area contributed by atoms with E-state index in [1.54, 1.807) is 31.2 Å². The summed E-state index contributed by atoms with van der Waals surface area (Å²) in [7, 11) is 0. The van der Waals surface area contributed by atoms with E-state index in [1.807, 2.05) is 13.8 Å². The molecule has 0 saturated carbocycles. The first-order chi connectivity index (χ1) is 16.4. The molecule has 1 saturated heterocycles. The number of aliphatic hydroxyl groups is 1. The van der Waals surface area contributed by atoms with Crippen LogP contribution in [0.3, 0.4) is 0 Å². The van der Waals surface area contributed by atoms with Gasteiger partial charge in [0.15, 0.2) is 0 Å². The number of nitrogens with one attached hydrogen (secondary N) is 1. The Morgan fingerprint density at radius 2 is 1.91 bits per heavy atom. The highest BCUT2D eigenvalue weighted by molar-refractivity contribution is 7.20. The second-order valence-electron chi connectivity index (χ2n) is 8.75. The lowest BCUT2D eigenvalue weighted by Crippen LogP contribution is -2.30. The fraction of sp³-hybridized carbons (Fsp3) is 0.480. The number of carbonyl (C=O) groups excluding carboxylic acids is 1. The Hall–Kier alpha value is -2.75. The third-order valence-electron chi connectivity index (χ3n) is 6.18. The molecule has 3 N–H and O–H groups in total. The molecule has 8 nitrogen and oxygen atoms in total. The normalized spacial score (nSPS) is 16.4. The molecule has 1 aliphatic rings. The van der Waals surface area contributed by atoms with Gasteiger partial charge in [0, 0.05) is 0 Å². The number of rotatable bonds is 8. The number of fused-ring (bicyclic) bond motifs is 1. The van der Waals surface area contributed by atoms with Gasteiger partial charge in [-0.1, -0.05) is 18.6 Å². The first-order valence-corrected chi connectivity index (χ1v) is 12.6. The number of thiophene rings is 1. The van der Waals surface area contributed by atoms with Gasteiger partial charge in [-0.3, -0.25) is 4.90 Å². The minimum Gasteiger partial charge on any atom is -0.508 e. The van der Waals surface area contributed by atoms with E-state index in [2.05, 4.69) is 10.2 Å². The van der Waals surface area contributed by atoms with Gasteiger partial charge in [-0.25, -0.2) is 14.8 Å². The van der Waals surface area contributed by atoms with Crippen LogP contribution in [0.4, 0.5) is 5.82 Å². The smallest absolute Gasteiger partial charge is 0.348 e. The zero-order chi connectivity index (χ0) is 24.2. The van der Waals surface area contributed by atoms with Crippen LogP contribution in [0.25, 0.3) is 10.2 Å². The van der Waals surface area contributed by atoms with E-state index in [1.165, 1.54) is 30.6 Å². The number of carbonyl (C=O) groups is 1. The Labute approximate surface area is 203 Å². The maximum atomic E-state index is 12.5. The van der Waals surface area contributed by atoms with Crippen molar-refractivity contribution in [2.75, 3.05) is 25.0 Å². The predicted molar refractivity (Wildman–Crippen MR) is 133 cm³/mol. The van der Waals surface area contributed by atoms with E-state index in [-0.39, 0.29) is 17.8 Å². The molecule has 2 aromatic heterocycles. The molecular formula is C25H32N4O4S. The van der Waals surface area contributed by atoms with E-state index in [0.717, 1.165) is 28.9 Å². The first-order valence-electron chi connectivity index (χ1n) is 11.8. The zero-order valence-electron chi connectivity index (χ0n) is 19.9. The van der Waals surface area contributed by atoms with Crippen LogP contribution in [-0.2, 0) is 11.3 Å². The lowest BCUT2D eigenvalue weighted by atomic mass is 10.0. The van der Waals surface area contributed by atoms with Gasteiger partial charge >= 0.3 is 5.97 Å². The van der Waals surface area contributed by atoms with Crippen molar-refractivity contribution in [2.45, 2.75) is 58.7 Å². The number of esters is 1. The first kappa shape index (κ1) is 24.4. The van der Waals surface area contributed by atoms with Crippen LogP contribution in [0, 0.1) is 6.92 Å². The quantitative estimate of drug-likeness (QED) is 0.404. The van der Waals surface area contributed by atoms with Gasteiger partial charge in [0.25, 0.3) is 0 Å². The molecule has 1 aliphatic heterocycles. The molecule has 3 aromatic rings. The van der Waals surface area contributed by atoms with Crippen molar-refractivity contribution in [2.24, 2.45) is 0 Å². The summed E-state index contributed by atoms with van der Waals surface area (Å²) in [4.78, 5) is 25.8. The average Bonchev–Trinajstić information content (AvgIpc) is 3.16. The number of aliphatic hydroxyl groups excluding tert-OH is 1. The van der Waals surface area contributed by atoms with Crippen LogP contribution < -0.4 is 5.32 Å². The molecule has 34 heavy (non-hydrogen) atoms. The van der Waals surface area contributed by atoms with Gasteiger partial charge in [-0.05, 0) is 70.0 Å². The Kier molecular flexibility index (Phi) is 7.65. The van der Waals surface area contributed by atoms with E-state index < -0.39 is 6.10 Å². The number of hydrogen-bond donors (Lipinski definition) is 3. The van der Waals surface area contributed by atoms with Gasteiger partial charge in [0.2, 0.25) is 0 Å². The molecule has 1 aromatic carbocycles. The highest BCUT2D eigenvalue weighted by Gasteiger charge is 2.25. The second-order valence-corrected chi connectivity index (χ2v) is 9.75. The van der Waals surface area contributed by atoms with Crippen molar-refractivity contribution in [3.8, 4) is 5.75 Å². The van der Waals surface area contributed by atoms with Crippen LogP contribution in [-0.4, -0.2) is 56.8 Å². The fourth-order valence-corrected chi connectivity index (χ4v) is 5.42. The van der Waals surface area contributed by atoms with Crippen molar-refractivity contribution in [3.63, 3.8) is 0 Å². The monoisotopic (exact) mass is 484 g/mol. The highest BCUT2D eigenvalue weighted by Crippen LogP contribution is 2.35. The molecule has 3 heterocycles. The largest absolute Gasteiger partial charge is 0.508 e. The lowest BCUT2D eigenvalue weighted by molar-refractivity contribution is 0.0531. The maximum Gasteiger partial charge on any atom is 0.348 e. The molecule has 4 rings (SSSR count). The van der Waals surface area contributed by atoms with E-state index >= 15 is 0 Å². The number of benzene rings is 1. The minimum absolute atomic E-state index is 0.150. The lowest BCUT2D eigenvalue weighted by Gasteiger charge is -2.26. The number of aromatic nitrogens is 2. The molecule has 0 amide bonds. The summed E-state index contributed by atoms with van der Waals surface area (Å²) in [5, 5.41) is 24.6. The summed E-state index contributed by atoms with van der Waals surface area (Å²) in [6, 6.07) is 6.13. The number of phenolic OH excluding ortho intramolecular Hbond substituents is 1. The number of nitrogens with zero attached hydrogens (tertiary/aromatic N) is 3. The Bertz CT molecular complexity index is 1140. The Morgan fingerprint density at radius 1 is 1.21 bits per heavy atom. The fourth-order valence-electron chi connectivity index (χ4n) is 4.32. The number of phenols is 1. The average molecular weight is 485 g/mol. The molecule has 1 fully saturated rings. The molecule has 182 valence electrons. The number of ether oxygens (including phenoxy) is 1. The van der Waals surface area contributed by atoms with Crippen molar-refractivity contribution < 1.29 is 19.7 Å². The van der Waals surface area contributed by atoms with Crippen molar-refractivity contribution in [3.05, 3.63) is 46.1 Å². The number of piperidine rings is 1. The summed E-state index contributed by atoms with van der Waals surface area (Å²) < 4.78 is 5.25. The summed E-state index contributed by atoms with van der Waals surface area (Å²) in [6.45, 7) is 8.55. The second kappa shape index (κ2) is 10.7. The van der Waals surface area contributed by atoms with Crippen molar-refractivity contribution >= 4 is 33.3 Å². The van der Waals surface area contributed by atoms with Gasteiger partial charge < -0.3 is 20.3 Å². The van der Waals surface area contributed by atoms with Gasteiger partial charge in [-0.15, -0.1) is 11.3 Å². The molecule has 2 atom stereocenters. The highest BCUT2D eigenvalue weighted by atomic mass is 32.1. The third-order valence-corrected chi connectivity index (χ3v) is 7.35. The van der Waals surface area contributed by atoms with Crippen LogP contribution in [0.1, 0.15) is 65.8 Å². The number of aromatic hydroxyl groups is 1. The number of hydrogen-bond acceptors (Lipinski definition) is 9. The van der Waals surface area contributed by atoms with E-state index in [9.17, 15) is 15.0 Å². The van der Waals surface area contributed by atoms with Gasteiger partial charge in [-0.2, -0.15) is 0 Å². The summed E-state index contributed by atoms with van der Waals surface area (Å²) in [5.41, 5.74) is 1.46. The van der Waals surface area contributed by atoms with E-state index in [4.69, 9.17) is 14.7 Å². The Morgan fingerprint density at radius 3 is 2.59 bits per heavy atom. The molecule has 9 heteroatoms. The van der Waals surface area contributed by atoms with Crippen LogP contribution in [0.15, 0.2) is 24.3 Å². The topological polar surface area (TPSA) is 108 Å². The molecule has 0 spiro atoms. The molecule has 0 aliphatic carbocycles. The number of anilines is 1. The van der Waals surface area contributed by atoms with Crippen molar-refractivity contribution in [1.29, 1.82) is 0 Å². The third kappa shape index (κ3) is 5.32.